The second-order valence-corrected chi connectivity index (χ2v) is 6.26. The molecule has 27 heavy (non-hydrogen) atoms. The predicted molar refractivity (Wildman–Crippen MR) is 108 cm³/mol. The Kier molecular flexibility index (Phi) is 5.52. The number of hydrogen-bond donors (Lipinski definition) is 2. The molecule has 3 rings (SSSR count). The van der Waals surface area contributed by atoms with E-state index in [9.17, 15) is 9.90 Å². The highest BCUT2D eigenvalue weighted by atomic mass is 16.3. The van der Waals surface area contributed by atoms with Gasteiger partial charge in [0.25, 0.3) is 5.91 Å². The van der Waals surface area contributed by atoms with E-state index in [-0.39, 0.29) is 11.7 Å². The predicted octanol–water partition coefficient (Wildman–Crippen LogP) is 3.64. The van der Waals surface area contributed by atoms with Crippen LogP contribution in [0.3, 0.4) is 0 Å². The number of rotatable bonds is 5. The lowest BCUT2D eigenvalue weighted by Crippen LogP contribution is -2.20. The fraction of sp³-hybridized carbons (Fsp3) is 0.0909. The van der Waals surface area contributed by atoms with E-state index in [1.165, 1.54) is 12.1 Å². The minimum Gasteiger partial charge on any atom is -0.508 e. The van der Waals surface area contributed by atoms with Gasteiger partial charge in [-0.25, -0.2) is 5.43 Å². The van der Waals surface area contributed by atoms with Crippen molar-refractivity contribution in [2.75, 3.05) is 19.0 Å². The first kappa shape index (κ1) is 18.2. The third kappa shape index (κ3) is 4.52. The Bertz CT molecular complexity index is 932. The van der Waals surface area contributed by atoms with Gasteiger partial charge in [0.05, 0.1) is 5.71 Å². The molecule has 0 bridgehead atoms. The van der Waals surface area contributed by atoms with E-state index in [4.69, 9.17) is 0 Å². The molecular formula is C22H21N3O2. The van der Waals surface area contributed by atoms with Crippen LogP contribution in [0.15, 0.2) is 84.0 Å². The number of carbonyl (C=O) groups excluding carboxylic acids is 1. The van der Waals surface area contributed by atoms with Crippen LogP contribution in [-0.2, 0) is 0 Å². The summed E-state index contributed by atoms with van der Waals surface area (Å²) in [5, 5.41) is 13.7. The summed E-state index contributed by atoms with van der Waals surface area (Å²) in [5.41, 5.74) is 6.59. The van der Waals surface area contributed by atoms with Crippen LogP contribution in [0.1, 0.15) is 21.5 Å². The quantitative estimate of drug-likeness (QED) is 0.540. The van der Waals surface area contributed by atoms with E-state index in [0.717, 1.165) is 16.8 Å². The standard InChI is InChI=1S/C22H21N3O2/c1-25(2)19-12-8-17(9-13-19)21(16-6-4-3-5-7-16)23-24-22(27)18-10-14-20(26)15-11-18/h3-15,26H,1-2H3,(H,24,27)/b23-21-. The average molecular weight is 359 g/mol. The fourth-order valence-electron chi connectivity index (χ4n) is 2.59. The molecule has 0 aliphatic carbocycles. The van der Waals surface area contributed by atoms with Crippen molar-refractivity contribution in [3.8, 4) is 5.75 Å². The molecule has 0 spiro atoms. The van der Waals surface area contributed by atoms with Crippen LogP contribution in [-0.4, -0.2) is 30.8 Å². The molecule has 0 atom stereocenters. The summed E-state index contributed by atoms with van der Waals surface area (Å²) >= 11 is 0. The Labute approximate surface area is 158 Å². The van der Waals surface area contributed by atoms with E-state index in [1.807, 2.05) is 73.6 Å². The molecule has 0 aliphatic heterocycles. The summed E-state index contributed by atoms with van der Waals surface area (Å²) in [7, 11) is 3.97. The summed E-state index contributed by atoms with van der Waals surface area (Å²) in [6, 6.07) is 23.7. The van der Waals surface area contributed by atoms with E-state index < -0.39 is 0 Å². The van der Waals surface area contributed by atoms with Crippen LogP contribution in [0.25, 0.3) is 0 Å². The average Bonchev–Trinajstić information content (AvgIpc) is 2.69. The number of amides is 1. The first-order valence-electron chi connectivity index (χ1n) is 8.55. The number of benzene rings is 3. The zero-order chi connectivity index (χ0) is 19.2. The molecule has 0 radical (unpaired) electrons. The van der Waals surface area contributed by atoms with Gasteiger partial charge >= 0.3 is 0 Å². The molecule has 5 heteroatoms. The SMILES string of the molecule is CN(C)c1ccc(/C(=N\NC(=O)c2ccc(O)cc2)c2ccccc2)cc1. The van der Waals surface area contributed by atoms with Crippen LogP contribution in [0.5, 0.6) is 5.75 Å². The molecule has 2 N–H and O–H groups in total. The van der Waals surface area contributed by atoms with Gasteiger partial charge in [-0.05, 0) is 36.4 Å². The normalized spacial score (nSPS) is 11.1. The molecule has 3 aromatic rings. The van der Waals surface area contributed by atoms with Gasteiger partial charge in [0.1, 0.15) is 5.75 Å². The summed E-state index contributed by atoms with van der Waals surface area (Å²) in [6.07, 6.45) is 0. The molecule has 0 fully saturated rings. The van der Waals surface area contributed by atoms with Crippen molar-refractivity contribution in [1.29, 1.82) is 0 Å². The van der Waals surface area contributed by atoms with Gasteiger partial charge in [0.2, 0.25) is 0 Å². The minimum atomic E-state index is -0.339. The number of phenolic OH excluding ortho intramolecular Hbond substituents is 1. The van der Waals surface area contributed by atoms with Crippen molar-refractivity contribution in [2.24, 2.45) is 5.10 Å². The Morgan fingerprint density at radius 2 is 1.37 bits per heavy atom. The second kappa shape index (κ2) is 8.19. The Morgan fingerprint density at radius 3 is 1.96 bits per heavy atom. The van der Waals surface area contributed by atoms with Crippen LogP contribution < -0.4 is 10.3 Å². The molecule has 0 unspecified atom stereocenters. The van der Waals surface area contributed by atoms with Crippen molar-refractivity contribution in [1.82, 2.24) is 5.43 Å². The maximum absolute atomic E-state index is 12.4. The van der Waals surface area contributed by atoms with Gasteiger partial charge in [-0.3, -0.25) is 4.79 Å². The van der Waals surface area contributed by atoms with Crippen LogP contribution in [0.2, 0.25) is 0 Å². The first-order valence-corrected chi connectivity index (χ1v) is 8.55. The molecule has 0 heterocycles. The van der Waals surface area contributed by atoms with Gasteiger partial charge in [0, 0.05) is 36.5 Å². The summed E-state index contributed by atoms with van der Waals surface area (Å²) < 4.78 is 0. The topological polar surface area (TPSA) is 64.9 Å². The van der Waals surface area contributed by atoms with Crippen LogP contribution in [0, 0.1) is 0 Å². The lowest BCUT2D eigenvalue weighted by molar-refractivity contribution is 0.0955. The molecule has 0 aliphatic rings. The Morgan fingerprint density at radius 1 is 0.815 bits per heavy atom. The Hall–Kier alpha value is -3.60. The fourth-order valence-corrected chi connectivity index (χ4v) is 2.59. The molecule has 1 amide bonds. The maximum Gasteiger partial charge on any atom is 0.271 e. The monoisotopic (exact) mass is 359 g/mol. The van der Waals surface area contributed by atoms with E-state index in [2.05, 4.69) is 10.5 Å². The lowest BCUT2D eigenvalue weighted by Gasteiger charge is -2.14. The summed E-state index contributed by atoms with van der Waals surface area (Å²) in [5.74, 6) is -0.227. The zero-order valence-corrected chi connectivity index (χ0v) is 15.3. The number of nitrogens with zero attached hydrogens (tertiary/aromatic N) is 2. The minimum absolute atomic E-state index is 0.112. The molecule has 3 aromatic carbocycles. The first-order chi connectivity index (χ1) is 13.0. The van der Waals surface area contributed by atoms with E-state index in [1.54, 1.807) is 12.1 Å². The van der Waals surface area contributed by atoms with Crippen molar-refractivity contribution < 1.29 is 9.90 Å². The molecule has 5 nitrogen and oxygen atoms in total. The Balaban J connectivity index is 1.91. The van der Waals surface area contributed by atoms with Crippen molar-refractivity contribution in [3.63, 3.8) is 0 Å². The summed E-state index contributed by atoms with van der Waals surface area (Å²) in [6.45, 7) is 0. The third-order valence-electron chi connectivity index (χ3n) is 4.10. The van der Waals surface area contributed by atoms with E-state index in [0.29, 0.717) is 11.3 Å². The second-order valence-electron chi connectivity index (χ2n) is 6.26. The zero-order valence-electron chi connectivity index (χ0n) is 15.3. The van der Waals surface area contributed by atoms with Crippen molar-refractivity contribution >= 4 is 17.3 Å². The number of hydrazone groups is 1. The van der Waals surface area contributed by atoms with Crippen molar-refractivity contribution in [2.45, 2.75) is 0 Å². The van der Waals surface area contributed by atoms with Crippen molar-refractivity contribution in [3.05, 3.63) is 95.6 Å². The molecule has 0 aromatic heterocycles. The van der Waals surface area contributed by atoms with Gasteiger partial charge in [-0.2, -0.15) is 5.10 Å². The van der Waals surface area contributed by atoms with Gasteiger partial charge < -0.3 is 10.0 Å². The third-order valence-corrected chi connectivity index (χ3v) is 4.10. The van der Waals surface area contributed by atoms with Gasteiger partial charge in [0.15, 0.2) is 0 Å². The number of anilines is 1. The number of carbonyl (C=O) groups is 1. The molecule has 136 valence electrons. The van der Waals surface area contributed by atoms with Crippen LogP contribution >= 0.6 is 0 Å². The number of phenols is 1. The molecular weight excluding hydrogens is 338 g/mol. The lowest BCUT2D eigenvalue weighted by atomic mass is 10.0. The van der Waals surface area contributed by atoms with E-state index >= 15 is 0 Å². The highest BCUT2D eigenvalue weighted by Gasteiger charge is 2.10. The molecule has 0 saturated carbocycles. The maximum atomic E-state index is 12.4. The number of aromatic hydroxyl groups is 1. The van der Waals surface area contributed by atoms with Gasteiger partial charge in [-0.15, -0.1) is 0 Å². The smallest absolute Gasteiger partial charge is 0.271 e. The number of nitrogens with one attached hydrogen (secondary N) is 1. The largest absolute Gasteiger partial charge is 0.508 e. The highest BCUT2D eigenvalue weighted by Crippen LogP contribution is 2.16. The number of hydrogen-bond acceptors (Lipinski definition) is 4. The highest BCUT2D eigenvalue weighted by molar-refractivity contribution is 6.13. The summed E-state index contributed by atoms with van der Waals surface area (Å²) in [4.78, 5) is 14.4. The van der Waals surface area contributed by atoms with Gasteiger partial charge in [-0.1, -0.05) is 42.5 Å². The molecule has 0 saturated heterocycles. The van der Waals surface area contributed by atoms with Crippen LogP contribution in [0.4, 0.5) is 5.69 Å².